The average Bonchev–Trinajstić information content (AvgIpc) is 2.63. The molecule has 6 heteroatoms. The van der Waals surface area contributed by atoms with Crippen LogP contribution in [0.2, 0.25) is 0 Å². The largest absolute Gasteiger partial charge is 0.337 e. The van der Waals surface area contributed by atoms with Gasteiger partial charge in [0.1, 0.15) is 0 Å². The number of carbonyl (C=O) groups is 1. The van der Waals surface area contributed by atoms with Crippen LogP contribution in [-0.4, -0.2) is 59.4 Å². The molecular formula is C20H35F2N3O. The van der Waals surface area contributed by atoms with Gasteiger partial charge in [-0.3, -0.25) is 9.69 Å². The number of amides is 1. The summed E-state index contributed by atoms with van der Waals surface area (Å²) < 4.78 is 28.2. The van der Waals surface area contributed by atoms with Crippen molar-refractivity contribution in [3.05, 3.63) is 0 Å². The van der Waals surface area contributed by atoms with Crippen LogP contribution in [0.1, 0.15) is 65.2 Å². The molecule has 0 aromatic rings. The highest BCUT2D eigenvalue weighted by molar-refractivity contribution is 5.80. The first kappa shape index (κ1) is 20.0. The minimum absolute atomic E-state index is 0.115. The Morgan fingerprint density at radius 3 is 2.42 bits per heavy atom. The molecule has 0 aromatic heterocycles. The quantitative estimate of drug-likeness (QED) is 0.828. The Labute approximate surface area is 156 Å². The van der Waals surface area contributed by atoms with Crippen molar-refractivity contribution in [1.29, 1.82) is 0 Å². The SMILES string of the molecule is CC(C)N1CCN(C(=O)[C@H]2CCCC(F)(F)[C@@H]2N)C(C2CCCCC2)C1. The molecule has 2 N–H and O–H groups in total. The van der Waals surface area contributed by atoms with E-state index in [9.17, 15) is 13.6 Å². The van der Waals surface area contributed by atoms with Crippen LogP contribution >= 0.6 is 0 Å². The molecule has 2 aliphatic carbocycles. The number of halogens is 2. The second-order valence-corrected chi connectivity index (χ2v) is 8.87. The molecule has 1 heterocycles. The van der Waals surface area contributed by atoms with Crippen molar-refractivity contribution in [1.82, 2.24) is 9.80 Å². The Hall–Kier alpha value is -0.750. The third-order valence-electron chi connectivity index (χ3n) is 6.92. The summed E-state index contributed by atoms with van der Waals surface area (Å²) in [6.45, 7) is 6.71. The number of hydrogen-bond donors (Lipinski definition) is 1. The van der Waals surface area contributed by atoms with Gasteiger partial charge in [-0.2, -0.15) is 0 Å². The van der Waals surface area contributed by atoms with Crippen LogP contribution < -0.4 is 5.73 Å². The molecule has 3 fully saturated rings. The Morgan fingerprint density at radius 1 is 1.08 bits per heavy atom. The van der Waals surface area contributed by atoms with Crippen LogP contribution in [0.4, 0.5) is 8.78 Å². The van der Waals surface area contributed by atoms with Gasteiger partial charge < -0.3 is 10.6 Å². The van der Waals surface area contributed by atoms with Crippen LogP contribution in [0.5, 0.6) is 0 Å². The van der Waals surface area contributed by atoms with Crippen molar-refractivity contribution >= 4 is 5.91 Å². The minimum atomic E-state index is -2.92. The van der Waals surface area contributed by atoms with Gasteiger partial charge in [0.05, 0.1) is 12.0 Å². The maximum atomic E-state index is 14.1. The lowest BCUT2D eigenvalue weighted by molar-refractivity contribution is -0.152. The monoisotopic (exact) mass is 371 g/mol. The molecule has 1 saturated heterocycles. The van der Waals surface area contributed by atoms with Gasteiger partial charge in [-0.05, 0) is 45.4 Å². The number of hydrogen-bond acceptors (Lipinski definition) is 3. The molecule has 0 aromatic carbocycles. The fourth-order valence-electron chi connectivity index (χ4n) is 5.19. The van der Waals surface area contributed by atoms with E-state index < -0.39 is 17.9 Å². The lowest BCUT2D eigenvalue weighted by atomic mass is 9.79. The maximum Gasteiger partial charge on any atom is 0.263 e. The zero-order valence-electron chi connectivity index (χ0n) is 16.3. The van der Waals surface area contributed by atoms with E-state index in [1.807, 2.05) is 4.90 Å². The number of rotatable bonds is 3. The molecule has 1 aliphatic heterocycles. The summed E-state index contributed by atoms with van der Waals surface area (Å²) in [5.41, 5.74) is 5.86. The van der Waals surface area contributed by atoms with E-state index in [0.717, 1.165) is 25.9 Å². The van der Waals surface area contributed by atoms with Gasteiger partial charge in [-0.15, -0.1) is 0 Å². The van der Waals surface area contributed by atoms with E-state index in [1.54, 1.807) is 0 Å². The fourth-order valence-corrected chi connectivity index (χ4v) is 5.19. The van der Waals surface area contributed by atoms with E-state index in [-0.39, 0.29) is 18.4 Å². The number of piperazine rings is 1. The number of carbonyl (C=O) groups excluding carboxylic acids is 1. The molecule has 0 bridgehead atoms. The normalized spacial score (nSPS) is 34.2. The van der Waals surface area contributed by atoms with Gasteiger partial charge in [0.25, 0.3) is 5.92 Å². The molecule has 26 heavy (non-hydrogen) atoms. The minimum Gasteiger partial charge on any atom is -0.337 e. The first-order valence-corrected chi connectivity index (χ1v) is 10.5. The first-order valence-electron chi connectivity index (χ1n) is 10.5. The number of alkyl halides is 2. The molecule has 3 rings (SSSR count). The topological polar surface area (TPSA) is 49.6 Å². The van der Waals surface area contributed by atoms with Crippen molar-refractivity contribution in [3.63, 3.8) is 0 Å². The van der Waals surface area contributed by atoms with Gasteiger partial charge in [-0.25, -0.2) is 8.78 Å². The van der Waals surface area contributed by atoms with E-state index >= 15 is 0 Å². The number of nitrogens with two attached hydrogens (primary N) is 1. The maximum absolute atomic E-state index is 14.1. The van der Waals surface area contributed by atoms with Crippen molar-refractivity contribution in [2.75, 3.05) is 19.6 Å². The molecule has 0 spiro atoms. The van der Waals surface area contributed by atoms with E-state index in [0.29, 0.717) is 31.3 Å². The van der Waals surface area contributed by atoms with Crippen molar-refractivity contribution in [2.24, 2.45) is 17.6 Å². The zero-order valence-corrected chi connectivity index (χ0v) is 16.3. The molecule has 4 nitrogen and oxygen atoms in total. The molecule has 3 aliphatic rings. The van der Waals surface area contributed by atoms with Crippen molar-refractivity contribution in [3.8, 4) is 0 Å². The molecule has 2 saturated carbocycles. The smallest absolute Gasteiger partial charge is 0.263 e. The lowest BCUT2D eigenvalue weighted by Gasteiger charge is -2.49. The predicted molar refractivity (Wildman–Crippen MR) is 99.0 cm³/mol. The van der Waals surface area contributed by atoms with Crippen LogP contribution in [0.25, 0.3) is 0 Å². The van der Waals surface area contributed by atoms with Crippen LogP contribution in [0, 0.1) is 11.8 Å². The van der Waals surface area contributed by atoms with Crippen LogP contribution in [0.3, 0.4) is 0 Å². The van der Waals surface area contributed by atoms with Gasteiger partial charge in [0.15, 0.2) is 0 Å². The second kappa shape index (κ2) is 8.09. The van der Waals surface area contributed by atoms with Crippen molar-refractivity contribution < 1.29 is 13.6 Å². The van der Waals surface area contributed by atoms with E-state index in [4.69, 9.17) is 5.73 Å². The van der Waals surface area contributed by atoms with Crippen LogP contribution in [-0.2, 0) is 4.79 Å². The van der Waals surface area contributed by atoms with Gasteiger partial charge in [0, 0.05) is 38.1 Å². The Kier molecular flexibility index (Phi) is 6.22. The Bertz CT molecular complexity index is 493. The molecular weight excluding hydrogens is 336 g/mol. The van der Waals surface area contributed by atoms with E-state index in [1.165, 1.54) is 19.3 Å². The molecule has 1 amide bonds. The van der Waals surface area contributed by atoms with Crippen LogP contribution in [0.15, 0.2) is 0 Å². The van der Waals surface area contributed by atoms with Gasteiger partial charge in [-0.1, -0.05) is 19.3 Å². The molecule has 3 atom stereocenters. The summed E-state index contributed by atoms with van der Waals surface area (Å²) in [7, 11) is 0. The summed E-state index contributed by atoms with van der Waals surface area (Å²) in [5.74, 6) is -3.26. The standard InChI is InChI=1S/C20H35F2N3O/c1-14(2)24-11-12-25(17(13-24)15-7-4-3-5-8-15)19(26)16-9-6-10-20(21,22)18(16)23/h14-18H,3-13,23H2,1-2H3/t16-,17?,18+/m0/s1. The van der Waals surface area contributed by atoms with Gasteiger partial charge in [0.2, 0.25) is 5.91 Å². The third-order valence-corrected chi connectivity index (χ3v) is 6.92. The highest BCUT2D eigenvalue weighted by Crippen LogP contribution is 2.38. The van der Waals surface area contributed by atoms with Crippen molar-refractivity contribution in [2.45, 2.75) is 89.3 Å². The Morgan fingerprint density at radius 2 is 1.77 bits per heavy atom. The summed E-state index contributed by atoms with van der Waals surface area (Å²) >= 11 is 0. The first-order chi connectivity index (χ1) is 12.3. The molecule has 0 radical (unpaired) electrons. The third kappa shape index (κ3) is 4.06. The molecule has 1 unspecified atom stereocenters. The Balaban J connectivity index is 1.77. The van der Waals surface area contributed by atoms with Gasteiger partial charge >= 0.3 is 0 Å². The second-order valence-electron chi connectivity index (χ2n) is 8.87. The zero-order chi connectivity index (χ0) is 18.9. The lowest BCUT2D eigenvalue weighted by Crippen LogP contribution is -2.63. The highest BCUT2D eigenvalue weighted by Gasteiger charge is 2.49. The summed E-state index contributed by atoms with van der Waals surface area (Å²) in [6.07, 6.45) is 6.68. The number of nitrogens with zero attached hydrogens (tertiary/aromatic N) is 2. The summed E-state index contributed by atoms with van der Waals surface area (Å²) in [5, 5.41) is 0. The predicted octanol–water partition coefficient (Wildman–Crippen LogP) is 3.25. The highest BCUT2D eigenvalue weighted by atomic mass is 19.3. The average molecular weight is 372 g/mol. The fraction of sp³-hybridized carbons (Fsp3) is 0.950. The molecule has 150 valence electrons. The van der Waals surface area contributed by atoms with E-state index in [2.05, 4.69) is 18.7 Å². The summed E-state index contributed by atoms with van der Waals surface area (Å²) in [4.78, 5) is 17.6. The summed E-state index contributed by atoms with van der Waals surface area (Å²) in [6, 6.07) is -0.736.